The normalized spacial score (nSPS) is 19.9. The quantitative estimate of drug-likeness (QED) is 0.572. The van der Waals surface area contributed by atoms with E-state index in [0.717, 1.165) is 11.3 Å². The molecule has 0 radical (unpaired) electrons. The lowest BCUT2D eigenvalue weighted by atomic mass is 10.2. The standard InChI is InChI=1S/C15H15N5O3/c1-20-11(8-9-16-20)5-2-10-3-6-12(7-4-10)23-14-13(15(21)22)17-19-18-14/h3-4,6-9,13-14,17-19H,1H3,(H,21,22). The third-order valence-corrected chi connectivity index (χ3v) is 3.28. The van der Waals surface area contributed by atoms with Crippen LogP contribution in [0.25, 0.3) is 0 Å². The molecule has 1 aliphatic heterocycles. The molecule has 0 spiro atoms. The molecule has 1 aliphatic rings. The van der Waals surface area contributed by atoms with E-state index in [2.05, 4.69) is 33.3 Å². The minimum absolute atomic E-state index is 0.547. The van der Waals surface area contributed by atoms with E-state index in [4.69, 9.17) is 9.84 Å². The number of hydrogen-bond donors (Lipinski definition) is 4. The lowest BCUT2D eigenvalue weighted by Gasteiger charge is -2.16. The fourth-order valence-electron chi connectivity index (χ4n) is 2.03. The van der Waals surface area contributed by atoms with Crippen molar-refractivity contribution in [1.82, 2.24) is 26.2 Å². The second-order valence-corrected chi connectivity index (χ2v) is 4.88. The van der Waals surface area contributed by atoms with E-state index in [1.807, 2.05) is 25.2 Å². The molecule has 4 N–H and O–H groups in total. The molecule has 1 saturated heterocycles. The number of carboxylic acids is 1. The Hall–Kier alpha value is -2.86. The van der Waals surface area contributed by atoms with Gasteiger partial charge in [-0.25, -0.2) is 10.9 Å². The predicted octanol–water partition coefficient (Wildman–Crippen LogP) is -0.410. The number of nitrogens with one attached hydrogen (secondary N) is 3. The molecule has 0 bridgehead atoms. The Balaban J connectivity index is 1.67. The minimum Gasteiger partial charge on any atom is -0.480 e. The number of aryl methyl sites for hydroxylation is 1. The fraction of sp³-hybridized carbons (Fsp3) is 0.200. The topological polar surface area (TPSA) is 100 Å². The Morgan fingerprint density at radius 1 is 1.26 bits per heavy atom. The van der Waals surface area contributed by atoms with Gasteiger partial charge >= 0.3 is 5.97 Å². The number of carboxylic acid groups (broad SMARTS) is 1. The van der Waals surface area contributed by atoms with Gasteiger partial charge in [-0.05, 0) is 36.3 Å². The molecular weight excluding hydrogens is 298 g/mol. The molecule has 2 aromatic rings. The van der Waals surface area contributed by atoms with E-state index in [1.165, 1.54) is 0 Å². The van der Waals surface area contributed by atoms with Crippen molar-refractivity contribution in [3.05, 3.63) is 47.8 Å². The molecule has 1 fully saturated rings. The molecule has 0 saturated carbocycles. The van der Waals surface area contributed by atoms with Gasteiger partial charge in [-0.2, -0.15) is 10.6 Å². The van der Waals surface area contributed by atoms with Crippen LogP contribution < -0.4 is 21.1 Å². The van der Waals surface area contributed by atoms with E-state index in [0.29, 0.717) is 5.75 Å². The summed E-state index contributed by atoms with van der Waals surface area (Å²) in [6.45, 7) is 0. The van der Waals surface area contributed by atoms with Crippen LogP contribution in [0.1, 0.15) is 11.3 Å². The van der Waals surface area contributed by atoms with Gasteiger partial charge in [0.2, 0.25) is 0 Å². The zero-order valence-electron chi connectivity index (χ0n) is 12.3. The number of aromatic nitrogens is 2. The number of rotatable bonds is 3. The van der Waals surface area contributed by atoms with Crippen LogP contribution >= 0.6 is 0 Å². The van der Waals surface area contributed by atoms with Gasteiger partial charge in [0.25, 0.3) is 0 Å². The van der Waals surface area contributed by atoms with Crippen molar-refractivity contribution in [3.63, 3.8) is 0 Å². The van der Waals surface area contributed by atoms with Crippen molar-refractivity contribution in [2.75, 3.05) is 0 Å². The highest BCUT2D eigenvalue weighted by Gasteiger charge is 2.34. The fourth-order valence-corrected chi connectivity index (χ4v) is 2.03. The Kier molecular flexibility index (Phi) is 4.25. The van der Waals surface area contributed by atoms with Crippen molar-refractivity contribution in [1.29, 1.82) is 0 Å². The number of benzene rings is 1. The summed E-state index contributed by atoms with van der Waals surface area (Å²) >= 11 is 0. The number of hydrazine groups is 2. The second-order valence-electron chi connectivity index (χ2n) is 4.88. The van der Waals surface area contributed by atoms with Crippen LogP contribution in [0.4, 0.5) is 0 Å². The van der Waals surface area contributed by atoms with Crippen LogP contribution in [0.2, 0.25) is 0 Å². The molecule has 3 rings (SSSR count). The van der Waals surface area contributed by atoms with Crippen LogP contribution in [0.3, 0.4) is 0 Å². The predicted molar refractivity (Wildman–Crippen MR) is 80.9 cm³/mol. The molecule has 2 unspecified atom stereocenters. The van der Waals surface area contributed by atoms with Crippen molar-refractivity contribution < 1.29 is 14.6 Å². The molecule has 0 amide bonds. The van der Waals surface area contributed by atoms with E-state index in [9.17, 15) is 4.79 Å². The summed E-state index contributed by atoms with van der Waals surface area (Å²) in [5.41, 5.74) is 9.45. The number of carbonyl (C=O) groups is 1. The van der Waals surface area contributed by atoms with Gasteiger partial charge in [0, 0.05) is 12.6 Å². The van der Waals surface area contributed by atoms with Gasteiger partial charge in [0.1, 0.15) is 11.4 Å². The Morgan fingerprint density at radius 2 is 2.04 bits per heavy atom. The zero-order valence-corrected chi connectivity index (χ0v) is 12.3. The summed E-state index contributed by atoms with van der Waals surface area (Å²) < 4.78 is 7.29. The number of hydrogen-bond acceptors (Lipinski definition) is 6. The maximum Gasteiger partial charge on any atom is 0.327 e. The lowest BCUT2D eigenvalue weighted by molar-refractivity contribution is -0.141. The lowest BCUT2D eigenvalue weighted by Crippen LogP contribution is -2.44. The first kappa shape index (κ1) is 15.1. The summed E-state index contributed by atoms with van der Waals surface area (Å²) in [5.74, 6) is 5.60. The summed E-state index contributed by atoms with van der Waals surface area (Å²) in [6.07, 6.45) is 0.982. The highest BCUT2D eigenvalue weighted by atomic mass is 16.5. The first-order valence-electron chi connectivity index (χ1n) is 6.89. The average Bonchev–Trinajstić information content (AvgIpc) is 3.16. The largest absolute Gasteiger partial charge is 0.480 e. The summed E-state index contributed by atoms with van der Waals surface area (Å²) in [7, 11) is 1.83. The Morgan fingerprint density at radius 3 is 2.70 bits per heavy atom. The number of aliphatic carboxylic acids is 1. The molecule has 0 aliphatic carbocycles. The highest BCUT2D eigenvalue weighted by molar-refractivity contribution is 5.74. The molecule has 2 atom stereocenters. The van der Waals surface area contributed by atoms with Crippen LogP contribution in [-0.4, -0.2) is 33.1 Å². The Labute approximate surface area is 132 Å². The summed E-state index contributed by atoms with van der Waals surface area (Å²) in [6, 6.07) is 8.06. The molecule has 23 heavy (non-hydrogen) atoms. The minimum atomic E-state index is -1.01. The van der Waals surface area contributed by atoms with Crippen LogP contribution in [0.15, 0.2) is 36.5 Å². The van der Waals surface area contributed by atoms with Crippen LogP contribution in [-0.2, 0) is 11.8 Å². The number of ether oxygens (including phenoxy) is 1. The molecule has 1 aromatic heterocycles. The molecule has 118 valence electrons. The molecular formula is C15H15N5O3. The van der Waals surface area contributed by atoms with Gasteiger partial charge in [-0.3, -0.25) is 9.48 Å². The van der Waals surface area contributed by atoms with Crippen LogP contribution in [0, 0.1) is 11.8 Å². The number of nitrogens with zero attached hydrogens (tertiary/aromatic N) is 2. The van der Waals surface area contributed by atoms with Gasteiger partial charge in [0.15, 0.2) is 12.3 Å². The van der Waals surface area contributed by atoms with Crippen molar-refractivity contribution >= 4 is 5.97 Å². The SMILES string of the molecule is Cn1nccc1C#Cc1ccc(OC2NNNC2C(=O)O)cc1. The monoisotopic (exact) mass is 313 g/mol. The van der Waals surface area contributed by atoms with E-state index >= 15 is 0 Å². The average molecular weight is 313 g/mol. The van der Waals surface area contributed by atoms with Gasteiger partial charge < -0.3 is 9.84 Å². The smallest absolute Gasteiger partial charge is 0.327 e. The molecule has 8 nitrogen and oxygen atoms in total. The third kappa shape index (κ3) is 3.49. The first-order valence-corrected chi connectivity index (χ1v) is 6.89. The summed E-state index contributed by atoms with van der Waals surface area (Å²) in [5, 5.41) is 13.1. The van der Waals surface area contributed by atoms with E-state index < -0.39 is 18.2 Å². The highest BCUT2D eigenvalue weighted by Crippen LogP contribution is 2.15. The Bertz CT molecular complexity index is 759. The summed E-state index contributed by atoms with van der Waals surface area (Å²) in [4.78, 5) is 11.0. The van der Waals surface area contributed by atoms with Crippen molar-refractivity contribution in [2.24, 2.45) is 7.05 Å². The maximum absolute atomic E-state index is 11.0. The molecule has 8 heteroatoms. The van der Waals surface area contributed by atoms with E-state index in [-0.39, 0.29) is 0 Å². The zero-order chi connectivity index (χ0) is 16.2. The van der Waals surface area contributed by atoms with Gasteiger partial charge in [-0.1, -0.05) is 5.92 Å². The van der Waals surface area contributed by atoms with Gasteiger partial charge in [-0.15, -0.1) is 0 Å². The first-order chi connectivity index (χ1) is 11.1. The molecule has 2 heterocycles. The maximum atomic E-state index is 11.0. The van der Waals surface area contributed by atoms with Crippen molar-refractivity contribution in [3.8, 4) is 17.6 Å². The third-order valence-electron chi connectivity index (χ3n) is 3.28. The van der Waals surface area contributed by atoms with Crippen molar-refractivity contribution in [2.45, 2.75) is 12.3 Å². The van der Waals surface area contributed by atoms with Crippen LogP contribution in [0.5, 0.6) is 5.75 Å². The van der Waals surface area contributed by atoms with Gasteiger partial charge in [0.05, 0.1) is 6.20 Å². The molecule has 1 aromatic carbocycles. The second kappa shape index (κ2) is 6.50. The van der Waals surface area contributed by atoms with E-state index in [1.54, 1.807) is 23.0 Å².